The van der Waals surface area contributed by atoms with Crippen LogP contribution in [0.2, 0.25) is 0 Å². The van der Waals surface area contributed by atoms with Gasteiger partial charge in [-0.1, -0.05) is 6.07 Å². The van der Waals surface area contributed by atoms with Gasteiger partial charge in [-0.2, -0.15) is 0 Å². The highest BCUT2D eigenvalue weighted by atomic mass is 19.1. The molecule has 0 saturated heterocycles. The Kier molecular flexibility index (Phi) is 2.99. The highest BCUT2D eigenvalue weighted by molar-refractivity contribution is 5.97. The van der Waals surface area contributed by atoms with E-state index in [1.54, 1.807) is 6.07 Å². The Balaban J connectivity index is 1.99. The first-order chi connectivity index (χ1) is 7.65. The van der Waals surface area contributed by atoms with Gasteiger partial charge < -0.3 is 5.32 Å². The minimum atomic E-state index is -0.389. The minimum absolute atomic E-state index is 0.124. The first kappa shape index (κ1) is 10.8. The summed E-state index contributed by atoms with van der Waals surface area (Å²) in [5.41, 5.74) is 0.435. The van der Waals surface area contributed by atoms with Gasteiger partial charge in [0.05, 0.1) is 0 Å². The average Bonchev–Trinajstić information content (AvgIpc) is 2.65. The summed E-state index contributed by atoms with van der Waals surface area (Å²) in [5.74, 6) is -0.716. The molecule has 1 saturated carbocycles. The number of carbonyl (C=O) groups excluding carboxylic acids is 2. The van der Waals surface area contributed by atoms with Crippen molar-refractivity contribution < 1.29 is 14.0 Å². The minimum Gasteiger partial charge on any atom is -0.326 e. The van der Waals surface area contributed by atoms with Gasteiger partial charge in [-0.15, -0.1) is 0 Å². The van der Waals surface area contributed by atoms with Gasteiger partial charge >= 0.3 is 0 Å². The van der Waals surface area contributed by atoms with Crippen LogP contribution in [0, 0.1) is 11.7 Å². The normalized spacial score (nSPS) is 19.8. The van der Waals surface area contributed by atoms with E-state index in [2.05, 4.69) is 5.32 Å². The van der Waals surface area contributed by atoms with Crippen molar-refractivity contribution in [3.05, 3.63) is 30.1 Å². The Labute approximate surface area is 92.7 Å². The van der Waals surface area contributed by atoms with Gasteiger partial charge in [0.2, 0.25) is 5.91 Å². The van der Waals surface area contributed by atoms with E-state index in [4.69, 9.17) is 0 Å². The van der Waals surface area contributed by atoms with Crippen molar-refractivity contribution in [1.29, 1.82) is 0 Å². The van der Waals surface area contributed by atoms with Crippen LogP contribution >= 0.6 is 0 Å². The Morgan fingerprint density at radius 3 is 2.88 bits per heavy atom. The summed E-state index contributed by atoms with van der Waals surface area (Å²) in [4.78, 5) is 22.7. The molecule has 4 heteroatoms. The number of carbonyl (C=O) groups is 2. The van der Waals surface area contributed by atoms with Crippen LogP contribution in [0.1, 0.15) is 19.3 Å². The molecule has 0 radical (unpaired) electrons. The molecule has 1 unspecified atom stereocenters. The second-order valence-corrected chi connectivity index (χ2v) is 3.98. The Morgan fingerprint density at radius 2 is 2.25 bits per heavy atom. The quantitative estimate of drug-likeness (QED) is 0.831. The van der Waals surface area contributed by atoms with Crippen molar-refractivity contribution in [3.63, 3.8) is 0 Å². The molecule has 0 aromatic heterocycles. The summed E-state index contributed by atoms with van der Waals surface area (Å²) in [7, 11) is 0. The van der Waals surface area contributed by atoms with Crippen molar-refractivity contribution in [3.8, 4) is 0 Å². The van der Waals surface area contributed by atoms with E-state index < -0.39 is 0 Å². The van der Waals surface area contributed by atoms with Crippen LogP contribution in [0.3, 0.4) is 0 Å². The van der Waals surface area contributed by atoms with Crippen molar-refractivity contribution >= 4 is 17.4 Å². The standard InChI is InChI=1S/C12H12FNO2/c13-9-2-1-3-10(7-9)14-12(16)8-4-5-11(15)6-8/h1-3,7-8H,4-6H2,(H,14,16). The van der Waals surface area contributed by atoms with Crippen molar-refractivity contribution in [2.75, 3.05) is 5.32 Å². The average molecular weight is 221 g/mol. The Hall–Kier alpha value is -1.71. The number of Topliss-reactive ketones (excluding diaryl/α,β-unsaturated/α-hetero) is 1. The number of ketones is 1. The van der Waals surface area contributed by atoms with E-state index in [0.717, 1.165) is 0 Å². The molecular weight excluding hydrogens is 209 g/mol. The molecule has 0 heterocycles. The van der Waals surface area contributed by atoms with Gasteiger partial charge in [0.15, 0.2) is 0 Å². The second kappa shape index (κ2) is 4.43. The molecular formula is C12H12FNO2. The van der Waals surface area contributed by atoms with Crippen molar-refractivity contribution in [1.82, 2.24) is 0 Å². The monoisotopic (exact) mass is 221 g/mol. The van der Waals surface area contributed by atoms with E-state index in [9.17, 15) is 14.0 Å². The molecule has 0 bridgehead atoms. The smallest absolute Gasteiger partial charge is 0.227 e. The van der Waals surface area contributed by atoms with Crippen LogP contribution in [0.15, 0.2) is 24.3 Å². The maximum Gasteiger partial charge on any atom is 0.227 e. The molecule has 1 N–H and O–H groups in total. The lowest BCUT2D eigenvalue weighted by atomic mass is 10.1. The van der Waals surface area contributed by atoms with E-state index in [1.165, 1.54) is 18.2 Å². The highest BCUT2D eigenvalue weighted by Crippen LogP contribution is 2.23. The first-order valence-corrected chi connectivity index (χ1v) is 5.23. The molecule has 1 aromatic rings. The SMILES string of the molecule is O=C1CCC(C(=O)Nc2cccc(F)c2)C1. The molecule has 1 aromatic carbocycles. The molecule has 3 nitrogen and oxygen atoms in total. The van der Waals surface area contributed by atoms with E-state index in [1.807, 2.05) is 0 Å². The third-order valence-electron chi connectivity index (χ3n) is 2.71. The zero-order valence-corrected chi connectivity index (χ0v) is 8.70. The van der Waals surface area contributed by atoms with Crippen molar-refractivity contribution in [2.45, 2.75) is 19.3 Å². The largest absolute Gasteiger partial charge is 0.326 e. The summed E-state index contributed by atoms with van der Waals surface area (Å²) in [6.45, 7) is 0. The predicted molar refractivity (Wildman–Crippen MR) is 57.4 cm³/mol. The van der Waals surface area contributed by atoms with Crippen LogP contribution < -0.4 is 5.32 Å². The first-order valence-electron chi connectivity index (χ1n) is 5.23. The fraction of sp³-hybridized carbons (Fsp3) is 0.333. The van der Waals surface area contributed by atoms with Gasteiger partial charge in [0, 0.05) is 24.4 Å². The number of hydrogen-bond donors (Lipinski definition) is 1. The lowest BCUT2D eigenvalue weighted by Crippen LogP contribution is -2.20. The molecule has 1 aliphatic carbocycles. The lowest BCUT2D eigenvalue weighted by Gasteiger charge is -2.09. The van der Waals surface area contributed by atoms with Gasteiger partial charge in [-0.25, -0.2) is 4.39 Å². The number of anilines is 1. The fourth-order valence-electron chi connectivity index (χ4n) is 1.85. The summed E-state index contributed by atoms with van der Waals surface area (Å²) in [6.07, 6.45) is 1.38. The maximum absolute atomic E-state index is 12.9. The Bertz CT molecular complexity index is 431. The lowest BCUT2D eigenvalue weighted by molar-refractivity contribution is -0.122. The van der Waals surface area contributed by atoms with Crippen LogP contribution in [0.25, 0.3) is 0 Å². The molecule has 0 aliphatic heterocycles. The van der Waals surface area contributed by atoms with E-state index in [-0.39, 0.29) is 23.4 Å². The zero-order valence-electron chi connectivity index (χ0n) is 8.70. The Morgan fingerprint density at radius 1 is 1.44 bits per heavy atom. The van der Waals surface area contributed by atoms with Gasteiger partial charge in [0.25, 0.3) is 0 Å². The molecule has 2 rings (SSSR count). The third kappa shape index (κ3) is 2.45. The number of hydrogen-bond acceptors (Lipinski definition) is 2. The van der Waals surface area contributed by atoms with Gasteiger partial charge in [-0.3, -0.25) is 9.59 Å². The van der Waals surface area contributed by atoms with Crippen LogP contribution in [0.5, 0.6) is 0 Å². The number of rotatable bonds is 2. The zero-order chi connectivity index (χ0) is 11.5. The van der Waals surface area contributed by atoms with E-state index in [0.29, 0.717) is 24.9 Å². The highest BCUT2D eigenvalue weighted by Gasteiger charge is 2.28. The summed E-state index contributed by atoms with van der Waals surface area (Å²) < 4.78 is 12.9. The third-order valence-corrected chi connectivity index (χ3v) is 2.71. The fourth-order valence-corrected chi connectivity index (χ4v) is 1.85. The molecule has 1 amide bonds. The summed E-state index contributed by atoms with van der Waals surface area (Å²) in [5, 5.41) is 2.61. The molecule has 84 valence electrons. The number of amides is 1. The molecule has 0 spiro atoms. The molecule has 1 atom stereocenters. The predicted octanol–water partition coefficient (Wildman–Crippen LogP) is 2.13. The van der Waals surface area contributed by atoms with E-state index >= 15 is 0 Å². The maximum atomic E-state index is 12.9. The number of nitrogens with one attached hydrogen (secondary N) is 1. The van der Waals surface area contributed by atoms with Crippen molar-refractivity contribution in [2.24, 2.45) is 5.92 Å². The molecule has 1 aliphatic rings. The van der Waals surface area contributed by atoms with Crippen LogP contribution in [-0.4, -0.2) is 11.7 Å². The van der Waals surface area contributed by atoms with Crippen LogP contribution in [0.4, 0.5) is 10.1 Å². The topological polar surface area (TPSA) is 46.2 Å². The summed E-state index contributed by atoms with van der Waals surface area (Å²) >= 11 is 0. The van der Waals surface area contributed by atoms with Gasteiger partial charge in [0.1, 0.15) is 11.6 Å². The number of benzene rings is 1. The van der Waals surface area contributed by atoms with Crippen LogP contribution in [-0.2, 0) is 9.59 Å². The molecule has 1 fully saturated rings. The summed E-state index contributed by atoms with van der Waals surface area (Å²) in [6, 6.07) is 5.73. The molecule has 16 heavy (non-hydrogen) atoms. The number of halogens is 1. The second-order valence-electron chi connectivity index (χ2n) is 3.98. The van der Waals surface area contributed by atoms with Gasteiger partial charge in [-0.05, 0) is 24.6 Å².